The predicted octanol–water partition coefficient (Wildman–Crippen LogP) is 8.37. The van der Waals surface area contributed by atoms with E-state index < -0.39 is 0 Å². The largest absolute Gasteiger partial charge is 0.490 e. The molecule has 0 saturated carbocycles. The molecule has 1 aliphatic rings. The van der Waals surface area contributed by atoms with Crippen LogP contribution in [0.25, 0.3) is 6.08 Å². The summed E-state index contributed by atoms with van der Waals surface area (Å²) >= 11 is 4.92. The van der Waals surface area contributed by atoms with Gasteiger partial charge in [0.2, 0.25) is 0 Å². The molecule has 5 rings (SSSR count). The summed E-state index contributed by atoms with van der Waals surface area (Å²) < 4.78 is 25.9. The van der Waals surface area contributed by atoms with Gasteiger partial charge < -0.3 is 9.47 Å². The van der Waals surface area contributed by atoms with Crippen molar-refractivity contribution in [3.05, 3.63) is 123 Å². The molecule has 1 saturated heterocycles. The number of ether oxygens (including phenoxy) is 2. The molecule has 0 spiro atoms. The fourth-order valence-electron chi connectivity index (χ4n) is 3.93. The zero-order chi connectivity index (χ0) is 27.2. The fourth-order valence-corrected chi connectivity index (χ4v) is 5.50. The first-order chi connectivity index (χ1) is 19.0. The molecule has 0 atom stereocenters. The summed E-state index contributed by atoms with van der Waals surface area (Å²) in [6.45, 7) is 2.57. The Bertz CT molecular complexity index is 1530. The molecule has 0 aliphatic carbocycles. The van der Waals surface area contributed by atoms with Crippen LogP contribution in [0.5, 0.6) is 11.5 Å². The van der Waals surface area contributed by atoms with Gasteiger partial charge in [-0.2, -0.15) is 0 Å². The average molecular weight is 604 g/mol. The van der Waals surface area contributed by atoms with Crippen LogP contribution in [0.4, 0.5) is 15.8 Å². The summed E-state index contributed by atoms with van der Waals surface area (Å²) in [6.07, 6.45) is 1.83. The van der Waals surface area contributed by atoms with Crippen LogP contribution < -0.4 is 14.4 Å². The Labute approximate surface area is 239 Å². The molecule has 0 radical (unpaired) electrons. The Morgan fingerprint density at radius 2 is 1.64 bits per heavy atom. The Morgan fingerprint density at radius 3 is 2.33 bits per heavy atom. The van der Waals surface area contributed by atoms with Gasteiger partial charge >= 0.3 is 0 Å². The molecule has 1 fully saturated rings. The predicted molar refractivity (Wildman–Crippen MR) is 159 cm³/mol. The van der Waals surface area contributed by atoms with Crippen molar-refractivity contribution in [2.45, 2.75) is 13.5 Å². The number of hydrogen-bond acceptors (Lipinski definition) is 5. The highest BCUT2D eigenvalue weighted by Gasteiger charge is 2.34. The molecule has 1 amide bonds. The zero-order valence-electron chi connectivity index (χ0n) is 21.0. The number of carbonyl (C=O) groups is 1. The van der Waals surface area contributed by atoms with Crippen molar-refractivity contribution in [2.24, 2.45) is 4.99 Å². The smallest absolute Gasteiger partial charge is 0.271 e. The Hall–Kier alpha value is -3.88. The molecule has 4 aromatic carbocycles. The first-order valence-electron chi connectivity index (χ1n) is 12.3. The lowest BCUT2D eigenvalue weighted by atomic mass is 10.1. The molecule has 39 heavy (non-hydrogen) atoms. The number of hydrogen-bond donors (Lipinski definition) is 0. The number of nitrogens with zero attached hydrogens (tertiary/aromatic N) is 2. The molecular weight excluding hydrogens is 579 g/mol. The van der Waals surface area contributed by atoms with Gasteiger partial charge in [0.05, 0.1) is 27.4 Å². The van der Waals surface area contributed by atoms with Crippen LogP contribution in [0.3, 0.4) is 0 Å². The lowest BCUT2D eigenvalue weighted by molar-refractivity contribution is -0.113. The summed E-state index contributed by atoms with van der Waals surface area (Å²) in [5, 5.41) is 0.576. The number of aliphatic imine (C=N–C) groups is 1. The Kier molecular flexibility index (Phi) is 8.44. The van der Waals surface area contributed by atoms with E-state index in [1.165, 1.54) is 23.9 Å². The maximum absolute atomic E-state index is 13.6. The number of amidine groups is 1. The molecule has 1 heterocycles. The van der Waals surface area contributed by atoms with Gasteiger partial charge in [0.15, 0.2) is 16.7 Å². The van der Waals surface area contributed by atoms with E-state index in [1.807, 2.05) is 85.8 Å². The Morgan fingerprint density at radius 1 is 0.949 bits per heavy atom. The minimum atomic E-state index is -0.297. The number of rotatable bonds is 8. The van der Waals surface area contributed by atoms with Gasteiger partial charge in [-0.15, -0.1) is 0 Å². The normalized spacial score (nSPS) is 15.3. The van der Waals surface area contributed by atoms with Gasteiger partial charge in [-0.1, -0.05) is 48.5 Å². The highest BCUT2D eigenvalue weighted by molar-refractivity contribution is 9.10. The molecule has 0 unspecified atom stereocenters. The summed E-state index contributed by atoms with van der Waals surface area (Å²) in [5.74, 6) is 0.612. The molecule has 8 heteroatoms. The van der Waals surface area contributed by atoms with Gasteiger partial charge in [0.25, 0.3) is 5.91 Å². The minimum absolute atomic E-state index is 0.161. The van der Waals surface area contributed by atoms with E-state index in [2.05, 4.69) is 15.9 Å². The van der Waals surface area contributed by atoms with Gasteiger partial charge in [-0.3, -0.25) is 9.69 Å². The molecule has 0 bridgehead atoms. The topological polar surface area (TPSA) is 51.1 Å². The maximum atomic E-state index is 13.6. The third-order valence-corrected chi connectivity index (χ3v) is 7.29. The lowest BCUT2D eigenvalue weighted by Crippen LogP contribution is -2.28. The number of benzene rings is 4. The van der Waals surface area contributed by atoms with Crippen molar-refractivity contribution in [2.75, 3.05) is 11.5 Å². The van der Waals surface area contributed by atoms with Crippen LogP contribution in [0, 0.1) is 5.82 Å². The SMILES string of the molecule is CCOc1cc(/C=C2/SC(=Nc3ccccc3)N(c3ccccc3)C2=O)cc(Br)c1OCc1ccc(F)cc1. The van der Waals surface area contributed by atoms with E-state index in [0.717, 1.165) is 22.5 Å². The summed E-state index contributed by atoms with van der Waals surface area (Å²) in [6, 6.07) is 28.9. The minimum Gasteiger partial charge on any atom is -0.490 e. The van der Waals surface area contributed by atoms with Gasteiger partial charge in [0.1, 0.15) is 12.4 Å². The molecular formula is C31H24BrFN2O3S. The van der Waals surface area contributed by atoms with Crippen molar-refractivity contribution in [3.63, 3.8) is 0 Å². The van der Waals surface area contributed by atoms with Gasteiger partial charge in [-0.05, 0) is 100 Å². The zero-order valence-corrected chi connectivity index (χ0v) is 23.4. The van der Waals surface area contributed by atoms with Crippen LogP contribution in [0.15, 0.2) is 111 Å². The van der Waals surface area contributed by atoms with Crippen molar-refractivity contribution in [1.82, 2.24) is 0 Å². The van der Waals surface area contributed by atoms with Crippen LogP contribution in [-0.2, 0) is 11.4 Å². The summed E-state index contributed by atoms with van der Waals surface area (Å²) in [5.41, 5.74) is 3.10. The van der Waals surface area contributed by atoms with Crippen LogP contribution in [0.1, 0.15) is 18.1 Å². The standard InChI is InChI=1S/C31H24BrFN2O3S/c1-2-37-27-18-22(17-26(32)29(27)38-20-21-13-15-23(33)16-14-21)19-28-30(36)35(25-11-7-4-8-12-25)31(39-28)34-24-9-5-3-6-10-24/h3-19H,2,20H2,1H3/b28-19+,34-31?. The van der Waals surface area contributed by atoms with E-state index in [4.69, 9.17) is 14.5 Å². The van der Waals surface area contributed by atoms with Crippen LogP contribution >= 0.6 is 27.7 Å². The number of carbonyl (C=O) groups excluding carboxylic acids is 1. The van der Waals surface area contributed by atoms with E-state index in [9.17, 15) is 9.18 Å². The van der Waals surface area contributed by atoms with E-state index >= 15 is 0 Å². The second-order valence-electron chi connectivity index (χ2n) is 8.49. The molecule has 4 aromatic rings. The van der Waals surface area contributed by atoms with E-state index in [0.29, 0.717) is 32.7 Å². The molecule has 0 N–H and O–H groups in total. The Balaban J connectivity index is 1.47. The lowest BCUT2D eigenvalue weighted by Gasteiger charge is -2.15. The van der Waals surface area contributed by atoms with Crippen molar-refractivity contribution in [3.8, 4) is 11.5 Å². The first-order valence-corrected chi connectivity index (χ1v) is 13.9. The van der Waals surface area contributed by atoms with E-state index in [-0.39, 0.29) is 18.3 Å². The van der Waals surface area contributed by atoms with Crippen LogP contribution in [0.2, 0.25) is 0 Å². The quantitative estimate of drug-likeness (QED) is 0.190. The molecule has 1 aliphatic heterocycles. The van der Waals surface area contributed by atoms with Crippen LogP contribution in [-0.4, -0.2) is 17.7 Å². The number of para-hydroxylation sites is 2. The molecule has 5 nitrogen and oxygen atoms in total. The summed E-state index contributed by atoms with van der Waals surface area (Å²) in [4.78, 5) is 20.5. The fraction of sp³-hybridized carbons (Fsp3) is 0.0968. The third-order valence-electron chi connectivity index (χ3n) is 5.73. The highest BCUT2D eigenvalue weighted by Crippen LogP contribution is 2.41. The summed E-state index contributed by atoms with van der Waals surface area (Å²) in [7, 11) is 0. The first kappa shape index (κ1) is 26.7. The third kappa shape index (κ3) is 6.41. The van der Waals surface area contributed by atoms with Crippen molar-refractivity contribution in [1.29, 1.82) is 0 Å². The molecule has 0 aromatic heterocycles. The molecule has 196 valence electrons. The number of amides is 1. The second kappa shape index (κ2) is 12.3. The number of halogens is 2. The monoisotopic (exact) mass is 602 g/mol. The van der Waals surface area contributed by atoms with Gasteiger partial charge in [-0.25, -0.2) is 9.38 Å². The second-order valence-corrected chi connectivity index (χ2v) is 10.4. The van der Waals surface area contributed by atoms with E-state index in [1.54, 1.807) is 17.0 Å². The number of thioether (sulfide) groups is 1. The maximum Gasteiger partial charge on any atom is 0.271 e. The van der Waals surface area contributed by atoms with Crippen molar-refractivity contribution >= 4 is 56.2 Å². The average Bonchev–Trinajstić information content (AvgIpc) is 3.24. The highest BCUT2D eigenvalue weighted by atomic mass is 79.9. The van der Waals surface area contributed by atoms with Crippen molar-refractivity contribution < 1.29 is 18.7 Å². The van der Waals surface area contributed by atoms with Gasteiger partial charge in [0, 0.05) is 0 Å². The number of anilines is 1.